The lowest BCUT2D eigenvalue weighted by molar-refractivity contribution is 0.0532. The smallest absolute Gasteiger partial charge is 0.274 e. The fourth-order valence-corrected chi connectivity index (χ4v) is 5.11. The van der Waals surface area contributed by atoms with Gasteiger partial charge in [0.15, 0.2) is 5.69 Å². The van der Waals surface area contributed by atoms with Crippen LogP contribution in [0.1, 0.15) is 25.9 Å². The number of fused-ring (bicyclic) bond motifs is 1. The molecule has 1 aliphatic rings. The number of methoxy groups -OCH3 is 1. The second kappa shape index (κ2) is 8.67. The number of ether oxygens (including phenoxy) is 1. The summed E-state index contributed by atoms with van der Waals surface area (Å²) in [5.41, 5.74) is 1.61. The van der Waals surface area contributed by atoms with Crippen molar-refractivity contribution in [2.75, 3.05) is 33.3 Å². The third kappa shape index (κ3) is 3.84. The summed E-state index contributed by atoms with van der Waals surface area (Å²) in [6.07, 6.45) is 0. The van der Waals surface area contributed by atoms with Gasteiger partial charge in [0.2, 0.25) is 0 Å². The van der Waals surface area contributed by atoms with Crippen LogP contribution >= 0.6 is 11.3 Å². The SMILES string of the molecule is COc1ccccc1-n1nnc(C)c1C(=O)N1CCN(C(=O)c2cc3ccccc3s2)CC1. The Morgan fingerprint density at radius 3 is 2.33 bits per heavy atom. The van der Waals surface area contributed by atoms with Crippen molar-refractivity contribution in [2.45, 2.75) is 6.92 Å². The van der Waals surface area contributed by atoms with Gasteiger partial charge in [0, 0.05) is 30.9 Å². The van der Waals surface area contributed by atoms with Gasteiger partial charge in [-0.1, -0.05) is 35.5 Å². The number of aryl methyl sites for hydroxylation is 1. The van der Waals surface area contributed by atoms with Crippen molar-refractivity contribution in [1.82, 2.24) is 24.8 Å². The molecule has 0 atom stereocenters. The van der Waals surface area contributed by atoms with Crippen molar-refractivity contribution < 1.29 is 14.3 Å². The maximum atomic E-state index is 13.4. The molecular formula is C24H23N5O3S. The van der Waals surface area contributed by atoms with Gasteiger partial charge in [0.05, 0.1) is 17.7 Å². The standard InChI is InChI=1S/C24H23N5O3S/c1-16-22(29(26-25-16)18-8-4-5-9-19(18)32-2)24(31)28-13-11-27(12-14-28)23(30)21-15-17-7-3-6-10-20(17)33-21/h3-10,15H,11-14H2,1-2H3. The third-order valence-corrected chi connectivity index (χ3v) is 6.95. The number of aromatic nitrogens is 3. The van der Waals surface area contributed by atoms with Gasteiger partial charge in [-0.15, -0.1) is 16.4 Å². The van der Waals surface area contributed by atoms with Crippen LogP contribution in [0, 0.1) is 6.92 Å². The number of hydrogen-bond donors (Lipinski definition) is 0. The Balaban J connectivity index is 1.32. The number of carbonyl (C=O) groups is 2. The Morgan fingerprint density at radius 1 is 0.939 bits per heavy atom. The number of carbonyl (C=O) groups excluding carboxylic acids is 2. The van der Waals surface area contributed by atoms with Crippen molar-refractivity contribution in [3.63, 3.8) is 0 Å². The highest BCUT2D eigenvalue weighted by molar-refractivity contribution is 7.20. The topological polar surface area (TPSA) is 80.6 Å². The predicted octanol–water partition coefficient (Wildman–Crippen LogP) is 3.40. The number of benzene rings is 2. The molecule has 2 aromatic heterocycles. The van der Waals surface area contributed by atoms with Gasteiger partial charge in [0.1, 0.15) is 11.4 Å². The van der Waals surface area contributed by atoms with E-state index >= 15 is 0 Å². The van der Waals surface area contributed by atoms with E-state index < -0.39 is 0 Å². The Hall–Kier alpha value is -3.72. The molecule has 168 valence electrons. The maximum absolute atomic E-state index is 13.4. The highest BCUT2D eigenvalue weighted by Gasteiger charge is 2.30. The summed E-state index contributed by atoms with van der Waals surface area (Å²) in [5, 5.41) is 9.40. The van der Waals surface area contributed by atoms with Crippen LogP contribution in [0.4, 0.5) is 0 Å². The number of thiophene rings is 1. The Bertz CT molecular complexity index is 1300. The van der Waals surface area contributed by atoms with Crippen LogP contribution in [0.15, 0.2) is 54.6 Å². The van der Waals surface area contributed by atoms with E-state index in [0.717, 1.165) is 15.0 Å². The second-order valence-electron chi connectivity index (χ2n) is 7.84. The zero-order valence-corrected chi connectivity index (χ0v) is 19.2. The summed E-state index contributed by atoms with van der Waals surface area (Å²) < 4.78 is 8.07. The fraction of sp³-hybridized carbons (Fsp3) is 0.250. The molecule has 1 saturated heterocycles. The van der Waals surface area contributed by atoms with Crippen molar-refractivity contribution in [1.29, 1.82) is 0 Å². The monoisotopic (exact) mass is 461 g/mol. The number of nitrogens with zero attached hydrogens (tertiary/aromatic N) is 5. The third-order valence-electron chi connectivity index (χ3n) is 5.85. The first-order chi connectivity index (χ1) is 16.1. The van der Waals surface area contributed by atoms with E-state index in [1.807, 2.05) is 59.5 Å². The minimum absolute atomic E-state index is 0.0141. The molecule has 0 unspecified atom stereocenters. The number of hydrogen-bond acceptors (Lipinski definition) is 6. The average molecular weight is 462 g/mol. The van der Waals surface area contributed by atoms with Crippen LogP contribution in [-0.4, -0.2) is 69.9 Å². The molecule has 3 heterocycles. The van der Waals surface area contributed by atoms with Gasteiger partial charge in [-0.25, -0.2) is 4.68 Å². The van der Waals surface area contributed by atoms with E-state index in [-0.39, 0.29) is 11.8 Å². The molecular weight excluding hydrogens is 438 g/mol. The lowest BCUT2D eigenvalue weighted by Crippen LogP contribution is -2.50. The fourth-order valence-electron chi connectivity index (χ4n) is 4.08. The zero-order valence-electron chi connectivity index (χ0n) is 18.4. The summed E-state index contributed by atoms with van der Waals surface area (Å²) in [6, 6.07) is 17.3. The van der Waals surface area contributed by atoms with E-state index in [1.54, 1.807) is 18.9 Å². The van der Waals surface area contributed by atoms with Crippen LogP contribution in [-0.2, 0) is 0 Å². The lowest BCUT2D eigenvalue weighted by atomic mass is 10.2. The van der Waals surface area contributed by atoms with Crippen molar-refractivity contribution in [2.24, 2.45) is 0 Å². The number of para-hydroxylation sites is 2. The van der Waals surface area contributed by atoms with E-state index in [4.69, 9.17) is 4.74 Å². The number of amides is 2. The minimum atomic E-state index is -0.155. The molecule has 1 fully saturated rings. The molecule has 0 spiro atoms. The van der Waals surface area contributed by atoms with Crippen molar-refractivity contribution >= 4 is 33.2 Å². The van der Waals surface area contributed by atoms with Crippen LogP contribution in [0.2, 0.25) is 0 Å². The molecule has 0 bridgehead atoms. The van der Waals surface area contributed by atoms with Crippen LogP contribution in [0.5, 0.6) is 5.75 Å². The summed E-state index contributed by atoms with van der Waals surface area (Å²) in [6.45, 7) is 3.63. The van der Waals surface area contributed by atoms with Crippen molar-refractivity contribution in [3.05, 3.63) is 70.9 Å². The van der Waals surface area contributed by atoms with Gasteiger partial charge in [-0.05, 0) is 36.6 Å². The van der Waals surface area contributed by atoms with Gasteiger partial charge in [0.25, 0.3) is 11.8 Å². The van der Waals surface area contributed by atoms with E-state index in [2.05, 4.69) is 10.3 Å². The summed E-state index contributed by atoms with van der Waals surface area (Å²) in [5.74, 6) is 0.466. The van der Waals surface area contributed by atoms with Crippen LogP contribution < -0.4 is 4.74 Å². The van der Waals surface area contributed by atoms with Gasteiger partial charge in [-0.2, -0.15) is 0 Å². The summed E-state index contributed by atoms with van der Waals surface area (Å²) in [4.78, 5) is 30.8. The second-order valence-corrected chi connectivity index (χ2v) is 8.92. The Kier molecular flexibility index (Phi) is 5.55. The van der Waals surface area contributed by atoms with Crippen LogP contribution in [0.25, 0.3) is 15.8 Å². The normalized spacial score (nSPS) is 14.0. The molecule has 4 aromatic rings. The molecule has 0 radical (unpaired) electrons. The van der Waals surface area contributed by atoms with E-state index in [1.165, 1.54) is 16.0 Å². The molecule has 33 heavy (non-hydrogen) atoms. The van der Waals surface area contributed by atoms with E-state index in [9.17, 15) is 9.59 Å². The molecule has 2 aromatic carbocycles. The molecule has 1 aliphatic heterocycles. The zero-order chi connectivity index (χ0) is 22.9. The predicted molar refractivity (Wildman–Crippen MR) is 126 cm³/mol. The van der Waals surface area contributed by atoms with Gasteiger partial charge < -0.3 is 14.5 Å². The Labute approximate surface area is 195 Å². The van der Waals surface area contributed by atoms with Crippen LogP contribution in [0.3, 0.4) is 0 Å². The molecule has 0 saturated carbocycles. The van der Waals surface area contributed by atoms with Gasteiger partial charge in [-0.3, -0.25) is 9.59 Å². The molecule has 2 amide bonds. The first-order valence-electron chi connectivity index (χ1n) is 10.7. The van der Waals surface area contributed by atoms with E-state index in [0.29, 0.717) is 49.0 Å². The highest BCUT2D eigenvalue weighted by Crippen LogP contribution is 2.27. The first kappa shape index (κ1) is 21.1. The lowest BCUT2D eigenvalue weighted by Gasteiger charge is -2.34. The Morgan fingerprint density at radius 2 is 1.61 bits per heavy atom. The minimum Gasteiger partial charge on any atom is -0.494 e. The average Bonchev–Trinajstić information content (AvgIpc) is 3.46. The molecule has 8 nitrogen and oxygen atoms in total. The number of piperazine rings is 1. The summed E-state index contributed by atoms with van der Waals surface area (Å²) in [7, 11) is 1.58. The molecule has 0 aliphatic carbocycles. The maximum Gasteiger partial charge on any atom is 0.274 e. The number of rotatable bonds is 4. The summed E-state index contributed by atoms with van der Waals surface area (Å²) >= 11 is 1.51. The molecule has 5 rings (SSSR count). The first-order valence-corrected chi connectivity index (χ1v) is 11.5. The van der Waals surface area contributed by atoms with Crippen molar-refractivity contribution in [3.8, 4) is 11.4 Å². The quantitative estimate of drug-likeness (QED) is 0.465. The largest absolute Gasteiger partial charge is 0.494 e. The molecule has 0 N–H and O–H groups in total. The highest BCUT2D eigenvalue weighted by atomic mass is 32.1. The van der Waals surface area contributed by atoms with Gasteiger partial charge >= 0.3 is 0 Å². The molecule has 9 heteroatoms.